The molecule has 96 valence electrons. The van der Waals surface area contributed by atoms with Gasteiger partial charge < -0.3 is 10.6 Å². The highest BCUT2D eigenvalue weighted by Crippen LogP contribution is 2.25. The highest BCUT2D eigenvalue weighted by molar-refractivity contribution is 9.10. The van der Waals surface area contributed by atoms with Crippen LogP contribution in [-0.4, -0.2) is 17.6 Å². The van der Waals surface area contributed by atoms with Gasteiger partial charge in [0.2, 0.25) is 0 Å². The van der Waals surface area contributed by atoms with Crippen molar-refractivity contribution in [2.24, 2.45) is 0 Å². The number of anilines is 2. The van der Waals surface area contributed by atoms with Gasteiger partial charge in [0.25, 0.3) is 0 Å². The summed E-state index contributed by atoms with van der Waals surface area (Å²) in [5.41, 5.74) is 6.77. The molecule has 1 heterocycles. The summed E-state index contributed by atoms with van der Waals surface area (Å²) >= 11 is 3.39. The summed E-state index contributed by atoms with van der Waals surface area (Å²) in [5.74, 6) is 0.902. The molecular formula is C13H22BrN3. The van der Waals surface area contributed by atoms with E-state index in [-0.39, 0.29) is 0 Å². The first-order valence-corrected chi connectivity index (χ1v) is 7.03. The van der Waals surface area contributed by atoms with E-state index in [1.54, 1.807) is 6.20 Å². The van der Waals surface area contributed by atoms with Gasteiger partial charge in [-0.3, -0.25) is 0 Å². The summed E-state index contributed by atoms with van der Waals surface area (Å²) in [4.78, 5) is 6.71. The Bertz CT molecular complexity index is 353. The Kier molecular flexibility index (Phi) is 5.75. The van der Waals surface area contributed by atoms with Crippen molar-refractivity contribution in [1.29, 1.82) is 0 Å². The quantitative estimate of drug-likeness (QED) is 0.812. The van der Waals surface area contributed by atoms with E-state index in [4.69, 9.17) is 5.73 Å². The van der Waals surface area contributed by atoms with Crippen LogP contribution in [0.5, 0.6) is 0 Å². The number of nitrogens with two attached hydrogens (primary N) is 1. The van der Waals surface area contributed by atoms with Gasteiger partial charge in [0.05, 0.1) is 5.69 Å². The van der Waals surface area contributed by atoms with Crippen LogP contribution >= 0.6 is 15.9 Å². The van der Waals surface area contributed by atoms with E-state index in [0.717, 1.165) is 22.5 Å². The van der Waals surface area contributed by atoms with Gasteiger partial charge in [0.1, 0.15) is 0 Å². The Morgan fingerprint density at radius 3 is 2.65 bits per heavy atom. The molecule has 0 aliphatic heterocycles. The lowest BCUT2D eigenvalue weighted by atomic mass is 10.2. The molecule has 3 nitrogen and oxygen atoms in total. The standard InChI is InChI=1S/C13H22BrN3/c1-4-5-6-7-17(10(2)3)13-12(15)8-11(14)9-16-13/h8-10H,4-7,15H2,1-3H3. The largest absolute Gasteiger partial charge is 0.396 e. The zero-order valence-electron chi connectivity index (χ0n) is 10.9. The Morgan fingerprint density at radius 2 is 2.12 bits per heavy atom. The number of pyridine rings is 1. The van der Waals surface area contributed by atoms with E-state index in [1.165, 1.54) is 19.3 Å². The fraction of sp³-hybridized carbons (Fsp3) is 0.615. The van der Waals surface area contributed by atoms with Gasteiger partial charge in [0, 0.05) is 23.3 Å². The molecule has 0 spiro atoms. The van der Waals surface area contributed by atoms with E-state index in [0.29, 0.717) is 6.04 Å². The van der Waals surface area contributed by atoms with Gasteiger partial charge in [-0.1, -0.05) is 19.8 Å². The fourth-order valence-electron chi connectivity index (χ4n) is 1.83. The van der Waals surface area contributed by atoms with Crippen LogP contribution in [0.3, 0.4) is 0 Å². The number of nitrogens with zero attached hydrogens (tertiary/aromatic N) is 2. The highest BCUT2D eigenvalue weighted by Gasteiger charge is 2.14. The molecule has 0 fully saturated rings. The third kappa shape index (κ3) is 4.19. The molecular weight excluding hydrogens is 278 g/mol. The summed E-state index contributed by atoms with van der Waals surface area (Å²) in [5, 5.41) is 0. The first-order chi connectivity index (χ1) is 8.06. The lowest BCUT2D eigenvalue weighted by molar-refractivity contribution is 0.620. The summed E-state index contributed by atoms with van der Waals surface area (Å²) in [7, 11) is 0. The third-order valence-electron chi connectivity index (χ3n) is 2.76. The smallest absolute Gasteiger partial charge is 0.152 e. The Balaban J connectivity index is 2.82. The minimum atomic E-state index is 0.419. The van der Waals surface area contributed by atoms with Crippen LogP contribution in [0.1, 0.15) is 40.0 Å². The summed E-state index contributed by atoms with van der Waals surface area (Å²) < 4.78 is 0.927. The lowest BCUT2D eigenvalue weighted by Crippen LogP contribution is -2.33. The molecule has 0 saturated heterocycles. The number of aromatic nitrogens is 1. The van der Waals surface area contributed by atoms with E-state index in [9.17, 15) is 0 Å². The summed E-state index contributed by atoms with van der Waals surface area (Å²) in [6, 6.07) is 2.33. The molecule has 0 amide bonds. The molecule has 0 radical (unpaired) electrons. The van der Waals surface area contributed by atoms with Gasteiger partial charge in [-0.25, -0.2) is 4.98 Å². The highest BCUT2D eigenvalue weighted by atomic mass is 79.9. The predicted molar refractivity (Wildman–Crippen MR) is 78.4 cm³/mol. The second kappa shape index (κ2) is 6.84. The Hall–Kier alpha value is -0.770. The minimum absolute atomic E-state index is 0.419. The number of hydrogen-bond acceptors (Lipinski definition) is 3. The molecule has 0 bridgehead atoms. The van der Waals surface area contributed by atoms with E-state index in [2.05, 4.69) is 46.6 Å². The topological polar surface area (TPSA) is 42.2 Å². The van der Waals surface area contributed by atoms with Crippen LogP contribution in [0.25, 0.3) is 0 Å². The molecule has 1 aromatic rings. The van der Waals surface area contributed by atoms with E-state index >= 15 is 0 Å². The first kappa shape index (κ1) is 14.3. The maximum absolute atomic E-state index is 6.03. The van der Waals surface area contributed by atoms with Crippen LogP contribution in [0, 0.1) is 0 Å². The summed E-state index contributed by atoms with van der Waals surface area (Å²) in [6.07, 6.45) is 5.47. The predicted octanol–water partition coefficient (Wildman–Crippen LogP) is 3.83. The molecule has 17 heavy (non-hydrogen) atoms. The van der Waals surface area contributed by atoms with Crippen LogP contribution < -0.4 is 10.6 Å². The molecule has 0 aliphatic carbocycles. The van der Waals surface area contributed by atoms with Crippen LogP contribution in [0.2, 0.25) is 0 Å². The molecule has 4 heteroatoms. The zero-order valence-corrected chi connectivity index (χ0v) is 12.5. The van der Waals surface area contributed by atoms with Crippen molar-refractivity contribution in [1.82, 2.24) is 4.98 Å². The monoisotopic (exact) mass is 299 g/mol. The van der Waals surface area contributed by atoms with Crippen molar-refractivity contribution >= 4 is 27.4 Å². The van der Waals surface area contributed by atoms with Crippen LogP contribution in [0.15, 0.2) is 16.7 Å². The maximum Gasteiger partial charge on any atom is 0.152 e. The van der Waals surface area contributed by atoms with Gasteiger partial charge in [0.15, 0.2) is 5.82 Å². The summed E-state index contributed by atoms with van der Waals surface area (Å²) in [6.45, 7) is 7.58. The molecule has 1 aromatic heterocycles. The molecule has 2 N–H and O–H groups in total. The number of halogens is 1. The third-order valence-corrected chi connectivity index (χ3v) is 3.19. The average molecular weight is 300 g/mol. The molecule has 0 unspecified atom stereocenters. The fourth-order valence-corrected chi connectivity index (χ4v) is 2.18. The SMILES string of the molecule is CCCCCN(c1ncc(Br)cc1N)C(C)C. The Morgan fingerprint density at radius 1 is 1.41 bits per heavy atom. The molecule has 1 rings (SSSR count). The van der Waals surface area contributed by atoms with Crippen molar-refractivity contribution in [3.63, 3.8) is 0 Å². The second-order valence-electron chi connectivity index (χ2n) is 4.56. The maximum atomic E-state index is 6.03. The molecule has 0 saturated carbocycles. The van der Waals surface area contributed by atoms with E-state index in [1.807, 2.05) is 6.07 Å². The minimum Gasteiger partial charge on any atom is -0.396 e. The normalized spacial score (nSPS) is 10.9. The Labute approximate surface area is 113 Å². The molecule has 0 atom stereocenters. The van der Waals surface area contributed by atoms with Crippen molar-refractivity contribution in [2.45, 2.75) is 46.1 Å². The van der Waals surface area contributed by atoms with Crippen molar-refractivity contribution < 1.29 is 0 Å². The van der Waals surface area contributed by atoms with Gasteiger partial charge in [-0.15, -0.1) is 0 Å². The second-order valence-corrected chi connectivity index (χ2v) is 5.48. The van der Waals surface area contributed by atoms with Crippen LogP contribution in [-0.2, 0) is 0 Å². The van der Waals surface area contributed by atoms with Crippen molar-refractivity contribution in [2.75, 3.05) is 17.2 Å². The molecule has 0 aliphatic rings. The average Bonchev–Trinajstić information content (AvgIpc) is 2.25. The first-order valence-electron chi connectivity index (χ1n) is 6.24. The lowest BCUT2D eigenvalue weighted by Gasteiger charge is -2.29. The van der Waals surface area contributed by atoms with Gasteiger partial charge in [-0.05, 0) is 42.3 Å². The number of hydrogen-bond donors (Lipinski definition) is 1. The van der Waals surface area contributed by atoms with E-state index < -0.39 is 0 Å². The number of rotatable bonds is 6. The van der Waals surface area contributed by atoms with Crippen molar-refractivity contribution in [3.8, 4) is 0 Å². The zero-order chi connectivity index (χ0) is 12.8. The van der Waals surface area contributed by atoms with Gasteiger partial charge in [-0.2, -0.15) is 0 Å². The molecule has 0 aromatic carbocycles. The number of nitrogen functional groups attached to an aromatic ring is 1. The number of unbranched alkanes of at least 4 members (excludes halogenated alkanes) is 2. The van der Waals surface area contributed by atoms with Crippen molar-refractivity contribution in [3.05, 3.63) is 16.7 Å². The van der Waals surface area contributed by atoms with Gasteiger partial charge >= 0.3 is 0 Å². The van der Waals surface area contributed by atoms with Crippen LogP contribution in [0.4, 0.5) is 11.5 Å².